The highest BCUT2D eigenvalue weighted by molar-refractivity contribution is 7.99. The van der Waals surface area contributed by atoms with Crippen LogP contribution in [0.3, 0.4) is 0 Å². The molecule has 0 spiro atoms. The lowest BCUT2D eigenvalue weighted by molar-refractivity contribution is -0.113. The van der Waals surface area contributed by atoms with Crippen molar-refractivity contribution in [2.75, 3.05) is 11.1 Å². The number of para-hydroxylation sites is 2. The molecule has 0 aliphatic rings. The van der Waals surface area contributed by atoms with Gasteiger partial charge in [-0.25, -0.2) is 4.98 Å². The van der Waals surface area contributed by atoms with Gasteiger partial charge in [-0.1, -0.05) is 59.4 Å². The van der Waals surface area contributed by atoms with E-state index in [1.165, 1.54) is 17.3 Å². The second kappa shape index (κ2) is 8.31. The first-order valence-corrected chi connectivity index (χ1v) is 10.0. The zero-order chi connectivity index (χ0) is 19.3. The Morgan fingerprint density at radius 2 is 1.93 bits per heavy atom. The van der Waals surface area contributed by atoms with Gasteiger partial charge in [0.15, 0.2) is 11.0 Å². The van der Waals surface area contributed by atoms with Gasteiger partial charge in [-0.05, 0) is 31.0 Å². The van der Waals surface area contributed by atoms with Gasteiger partial charge in [0.25, 0.3) is 0 Å². The second-order valence-corrected chi connectivity index (χ2v) is 7.37. The Labute approximate surface area is 166 Å². The summed E-state index contributed by atoms with van der Waals surface area (Å²) in [6, 6.07) is 20.1. The number of nitrogens with one attached hydrogen (secondary N) is 1. The van der Waals surface area contributed by atoms with E-state index in [9.17, 15) is 4.79 Å². The second-order valence-electron chi connectivity index (χ2n) is 6.43. The molecular formula is C21H20N4O2S. The van der Waals surface area contributed by atoms with Crippen molar-refractivity contribution in [3.63, 3.8) is 0 Å². The zero-order valence-electron chi connectivity index (χ0n) is 15.5. The molecule has 0 aliphatic carbocycles. The summed E-state index contributed by atoms with van der Waals surface area (Å²) >= 11 is 1.42. The van der Waals surface area contributed by atoms with Gasteiger partial charge in [-0.15, -0.1) is 0 Å². The van der Waals surface area contributed by atoms with E-state index in [4.69, 9.17) is 9.51 Å². The van der Waals surface area contributed by atoms with Gasteiger partial charge in [0.05, 0.1) is 16.8 Å². The number of hydrogen-bond acceptors (Lipinski definition) is 5. The Kier molecular flexibility index (Phi) is 5.43. The predicted octanol–water partition coefficient (Wildman–Crippen LogP) is 4.31. The molecule has 0 unspecified atom stereocenters. The third-order valence-electron chi connectivity index (χ3n) is 4.31. The van der Waals surface area contributed by atoms with E-state index < -0.39 is 0 Å². The predicted molar refractivity (Wildman–Crippen MR) is 110 cm³/mol. The van der Waals surface area contributed by atoms with Crippen LogP contribution in [0.2, 0.25) is 0 Å². The van der Waals surface area contributed by atoms with Crippen LogP contribution in [-0.4, -0.2) is 26.4 Å². The molecule has 7 heteroatoms. The summed E-state index contributed by atoms with van der Waals surface area (Å²) < 4.78 is 7.15. The van der Waals surface area contributed by atoms with Gasteiger partial charge < -0.3 is 14.4 Å². The molecule has 0 saturated carbocycles. The van der Waals surface area contributed by atoms with Crippen molar-refractivity contribution in [2.24, 2.45) is 0 Å². The quantitative estimate of drug-likeness (QED) is 0.475. The number of amides is 1. The number of hydrogen-bond donors (Lipinski definition) is 1. The molecule has 1 amide bonds. The summed E-state index contributed by atoms with van der Waals surface area (Å²) in [4.78, 5) is 17.0. The molecule has 0 bridgehead atoms. The molecule has 0 aliphatic heterocycles. The number of rotatable bonds is 7. The molecule has 4 rings (SSSR count). The number of carbonyl (C=O) groups is 1. The monoisotopic (exact) mass is 392 g/mol. The summed E-state index contributed by atoms with van der Waals surface area (Å²) in [6.45, 7) is 2.59. The Morgan fingerprint density at radius 3 is 2.71 bits per heavy atom. The molecule has 0 radical (unpaired) electrons. The molecular weight excluding hydrogens is 372 g/mol. The van der Waals surface area contributed by atoms with E-state index in [1.54, 1.807) is 13.0 Å². The SMILES string of the molecule is Cc1cc(NC(=O)CSc2nc3ccccc3n2CCc2ccccc2)no1. The number of aromatic nitrogens is 3. The number of fused-ring (bicyclic) bond motifs is 1. The van der Waals surface area contributed by atoms with E-state index in [1.807, 2.05) is 36.4 Å². The third kappa shape index (κ3) is 4.26. The van der Waals surface area contributed by atoms with E-state index >= 15 is 0 Å². The Balaban J connectivity index is 1.48. The van der Waals surface area contributed by atoms with Crippen molar-refractivity contribution in [3.8, 4) is 0 Å². The minimum Gasteiger partial charge on any atom is -0.360 e. The van der Waals surface area contributed by atoms with Crippen molar-refractivity contribution in [1.29, 1.82) is 0 Å². The van der Waals surface area contributed by atoms with Gasteiger partial charge in [0.1, 0.15) is 5.76 Å². The van der Waals surface area contributed by atoms with Crippen LogP contribution in [0.15, 0.2) is 70.3 Å². The topological polar surface area (TPSA) is 73.0 Å². The molecule has 0 atom stereocenters. The van der Waals surface area contributed by atoms with Crippen LogP contribution < -0.4 is 5.32 Å². The van der Waals surface area contributed by atoms with E-state index in [0.717, 1.165) is 29.2 Å². The van der Waals surface area contributed by atoms with E-state index in [2.05, 4.69) is 33.2 Å². The number of benzene rings is 2. The number of imidazole rings is 1. The molecule has 4 aromatic rings. The van der Waals surface area contributed by atoms with Crippen molar-refractivity contribution in [1.82, 2.24) is 14.7 Å². The fraction of sp³-hybridized carbons (Fsp3) is 0.190. The Bertz CT molecular complexity index is 1090. The van der Waals surface area contributed by atoms with Gasteiger partial charge in [0, 0.05) is 12.6 Å². The molecule has 0 fully saturated rings. The Morgan fingerprint density at radius 1 is 1.14 bits per heavy atom. The summed E-state index contributed by atoms with van der Waals surface area (Å²) in [5.74, 6) is 1.20. The number of anilines is 1. The van der Waals surface area contributed by atoms with Crippen LogP contribution in [0.4, 0.5) is 5.82 Å². The summed E-state index contributed by atoms with van der Waals surface area (Å²) in [7, 11) is 0. The summed E-state index contributed by atoms with van der Waals surface area (Å²) in [6.07, 6.45) is 0.902. The van der Waals surface area contributed by atoms with Crippen LogP contribution >= 0.6 is 11.8 Å². The highest BCUT2D eigenvalue weighted by Crippen LogP contribution is 2.25. The third-order valence-corrected chi connectivity index (χ3v) is 5.29. The number of carbonyl (C=O) groups excluding carboxylic acids is 1. The number of nitrogens with zero attached hydrogens (tertiary/aromatic N) is 3. The largest absolute Gasteiger partial charge is 0.360 e. The Hall–Kier alpha value is -3.06. The summed E-state index contributed by atoms with van der Waals surface area (Å²) in [5, 5.41) is 7.37. The molecule has 2 aromatic carbocycles. The van der Waals surface area contributed by atoms with Crippen molar-refractivity contribution >= 4 is 34.5 Å². The molecule has 1 N–H and O–H groups in total. The molecule has 28 heavy (non-hydrogen) atoms. The highest BCUT2D eigenvalue weighted by Gasteiger charge is 2.14. The van der Waals surface area contributed by atoms with Gasteiger partial charge in [0.2, 0.25) is 5.91 Å². The first kappa shape index (κ1) is 18.3. The molecule has 6 nitrogen and oxygen atoms in total. The van der Waals surface area contributed by atoms with E-state index in [0.29, 0.717) is 11.6 Å². The normalized spacial score (nSPS) is 11.0. The maximum atomic E-state index is 12.3. The minimum absolute atomic E-state index is 0.139. The van der Waals surface area contributed by atoms with Crippen molar-refractivity contribution in [2.45, 2.75) is 25.0 Å². The first-order chi connectivity index (χ1) is 13.7. The lowest BCUT2D eigenvalue weighted by atomic mass is 10.1. The highest BCUT2D eigenvalue weighted by atomic mass is 32.2. The van der Waals surface area contributed by atoms with Gasteiger partial charge in [-0.3, -0.25) is 4.79 Å². The fourth-order valence-corrected chi connectivity index (χ4v) is 3.84. The van der Waals surface area contributed by atoms with Crippen LogP contribution in [0.25, 0.3) is 11.0 Å². The molecule has 142 valence electrons. The number of aryl methyl sites for hydroxylation is 3. The van der Waals surface area contributed by atoms with Crippen LogP contribution in [0, 0.1) is 6.92 Å². The average molecular weight is 392 g/mol. The molecule has 2 aromatic heterocycles. The van der Waals surface area contributed by atoms with Crippen molar-refractivity contribution in [3.05, 3.63) is 72.0 Å². The lowest BCUT2D eigenvalue weighted by Crippen LogP contribution is -2.15. The smallest absolute Gasteiger partial charge is 0.236 e. The van der Waals surface area contributed by atoms with Crippen LogP contribution in [0.1, 0.15) is 11.3 Å². The summed E-state index contributed by atoms with van der Waals surface area (Å²) in [5.41, 5.74) is 3.29. The average Bonchev–Trinajstić information content (AvgIpc) is 3.28. The van der Waals surface area contributed by atoms with Crippen molar-refractivity contribution < 1.29 is 9.32 Å². The minimum atomic E-state index is -0.139. The lowest BCUT2D eigenvalue weighted by Gasteiger charge is -2.09. The standard InChI is InChI=1S/C21H20N4O2S/c1-15-13-19(24-27-15)23-20(26)14-28-21-22-17-9-5-6-10-18(17)25(21)12-11-16-7-3-2-4-8-16/h2-10,13H,11-12,14H2,1H3,(H,23,24,26). The maximum absolute atomic E-state index is 12.3. The van der Waals surface area contributed by atoms with Gasteiger partial charge >= 0.3 is 0 Å². The molecule has 2 heterocycles. The molecule has 0 saturated heterocycles. The van der Waals surface area contributed by atoms with Crippen LogP contribution in [-0.2, 0) is 17.8 Å². The maximum Gasteiger partial charge on any atom is 0.236 e. The first-order valence-electron chi connectivity index (χ1n) is 9.04. The zero-order valence-corrected chi connectivity index (χ0v) is 16.3. The fourth-order valence-electron chi connectivity index (χ4n) is 3.00. The van der Waals surface area contributed by atoms with Crippen LogP contribution in [0.5, 0.6) is 0 Å². The van der Waals surface area contributed by atoms with E-state index in [-0.39, 0.29) is 11.7 Å². The van der Waals surface area contributed by atoms with Gasteiger partial charge in [-0.2, -0.15) is 0 Å². The number of thioether (sulfide) groups is 1.